The molecule has 0 aliphatic rings. The van der Waals surface area contributed by atoms with E-state index in [1.165, 1.54) is 12.1 Å². The van der Waals surface area contributed by atoms with E-state index in [-0.39, 0.29) is 35.9 Å². The average Bonchev–Trinajstić information content (AvgIpc) is 2.41. The number of nitrogens with zero attached hydrogens (tertiary/aromatic N) is 1. The van der Waals surface area contributed by atoms with Gasteiger partial charge in [0.2, 0.25) is 0 Å². The van der Waals surface area contributed by atoms with Crippen LogP contribution in [0.15, 0.2) is 12.1 Å². The minimum Gasteiger partial charge on any atom is -0.489 e. The fourth-order valence-corrected chi connectivity index (χ4v) is 1.80. The van der Waals surface area contributed by atoms with Crippen molar-refractivity contribution in [3.05, 3.63) is 22.4 Å². The molecule has 0 unspecified atom stereocenters. The van der Waals surface area contributed by atoms with Crippen molar-refractivity contribution in [1.29, 1.82) is 0 Å². The van der Waals surface area contributed by atoms with Gasteiger partial charge in [0, 0.05) is 0 Å². The van der Waals surface area contributed by atoms with E-state index in [1.54, 1.807) is 13.8 Å². The molecule has 0 aromatic carbocycles. The Hall–Kier alpha value is -1.53. The highest BCUT2D eigenvalue weighted by molar-refractivity contribution is 6.33. The van der Waals surface area contributed by atoms with Gasteiger partial charge in [-0.15, -0.1) is 0 Å². The number of ether oxygens (including phenoxy) is 3. The van der Waals surface area contributed by atoms with Crippen molar-refractivity contribution in [3.8, 4) is 5.75 Å². The summed E-state index contributed by atoms with van der Waals surface area (Å²) in [5.41, 5.74) is 0. The molecule has 0 aliphatic carbocycles. The SMILES string of the molecule is CCOC(=O)C(COc1ccc(Cl)nc1Cl)C(=O)OCC. The monoisotopic (exact) mass is 335 g/mol. The Bertz CT molecular complexity index is 491. The maximum absolute atomic E-state index is 11.7. The highest BCUT2D eigenvalue weighted by Gasteiger charge is 2.30. The molecular weight excluding hydrogens is 321 g/mol. The van der Waals surface area contributed by atoms with Crippen molar-refractivity contribution in [2.45, 2.75) is 13.8 Å². The first kappa shape index (κ1) is 17.5. The fourth-order valence-electron chi connectivity index (χ4n) is 1.40. The molecule has 21 heavy (non-hydrogen) atoms. The van der Waals surface area contributed by atoms with E-state index >= 15 is 0 Å². The zero-order valence-corrected chi connectivity index (χ0v) is 13.1. The van der Waals surface area contributed by atoms with Crippen molar-refractivity contribution in [2.75, 3.05) is 19.8 Å². The van der Waals surface area contributed by atoms with Crippen LogP contribution in [0.2, 0.25) is 10.3 Å². The minimum absolute atomic E-state index is 0.0361. The normalized spacial score (nSPS) is 10.3. The summed E-state index contributed by atoms with van der Waals surface area (Å²) in [6.45, 7) is 3.32. The third kappa shape index (κ3) is 5.40. The van der Waals surface area contributed by atoms with Crippen LogP contribution in [-0.4, -0.2) is 36.7 Å². The Morgan fingerprint density at radius 3 is 2.19 bits per heavy atom. The van der Waals surface area contributed by atoms with Crippen LogP contribution in [0.5, 0.6) is 5.75 Å². The summed E-state index contributed by atoms with van der Waals surface area (Å²) in [7, 11) is 0. The molecule has 0 atom stereocenters. The van der Waals surface area contributed by atoms with Gasteiger partial charge in [0.15, 0.2) is 16.8 Å². The van der Waals surface area contributed by atoms with Gasteiger partial charge in [-0.1, -0.05) is 23.2 Å². The molecule has 0 aliphatic heterocycles. The standard InChI is InChI=1S/C13H15Cl2NO5/c1-3-19-12(17)8(13(18)20-4-2)7-21-9-5-6-10(14)16-11(9)15/h5-6,8H,3-4,7H2,1-2H3. The number of aromatic nitrogens is 1. The van der Waals surface area contributed by atoms with Crippen LogP contribution in [0, 0.1) is 5.92 Å². The third-order valence-electron chi connectivity index (χ3n) is 2.33. The van der Waals surface area contributed by atoms with Gasteiger partial charge in [0.1, 0.15) is 11.8 Å². The van der Waals surface area contributed by atoms with Gasteiger partial charge in [-0.2, -0.15) is 0 Å². The molecule has 0 fully saturated rings. The predicted octanol–water partition coefficient (Wildman–Crippen LogP) is 2.51. The van der Waals surface area contributed by atoms with Gasteiger partial charge < -0.3 is 14.2 Å². The van der Waals surface area contributed by atoms with Crippen LogP contribution in [0.3, 0.4) is 0 Å². The summed E-state index contributed by atoms with van der Waals surface area (Å²) >= 11 is 11.5. The zero-order chi connectivity index (χ0) is 15.8. The second-order valence-electron chi connectivity index (χ2n) is 3.79. The van der Waals surface area contributed by atoms with Gasteiger partial charge in [-0.05, 0) is 26.0 Å². The third-order valence-corrected chi connectivity index (χ3v) is 2.81. The van der Waals surface area contributed by atoms with Crippen LogP contribution in [0.1, 0.15) is 13.8 Å². The first-order valence-corrected chi connectivity index (χ1v) is 7.03. The van der Waals surface area contributed by atoms with Crippen molar-refractivity contribution < 1.29 is 23.8 Å². The highest BCUT2D eigenvalue weighted by atomic mass is 35.5. The van der Waals surface area contributed by atoms with Crippen molar-refractivity contribution >= 4 is 35.1 Å². The summed E-state index contributed by atoms with van der Waals surface area (Å²) in [5, 5.41) is 0.244. The fraction of sp³-hybridized carbons (Fsp3) is 0.462. The quantitative estimate of drug-likeness (QED) is 0.433. The maximum atomic E-state index is 11.7. The summed E-state index contributed by atoms with van der Waals surface area (Å²) < 4.78 is 15.0. The lowest BCUT2D eigenvalue weighted by molar-refractivity contribution is -0.162. The molecule has 1 rings (SSSR count). The number of halogens is 2. The first-order valence-electron chi connectivity index (χ1n) is 6.27. The molecule has 1 aromatic heterocycles. The Morgan fingerprint density at radius 1 is 1.14 bits per heavy atom. The van der Waals surface area contributed by atoms with E-state index in [2.05, 4.69) is 4.98 Å². The van der Waals surface area contributed by atoms with Crippen LogP contribution in [-0.2, 0) is 19.1 Å². The number of rotatable bonds is 7. The van der Waals surface area contributed by atoms with Crippen LogP contribution in [0.4, 0.5) is 0 Å². The maximum Gasteiger partial charge on any atom is 0.323 e. The topological polar surface area (TPSA) is 74.7 Å². The van der Waals surface area contributed by atoms with Crippen molar-refractivity contribution in [1.82, 2.24) is 4.98 Å². The lowest BCUT2D eigenvalue weighted by Crippen LogP contribution is -2.33. The Morgan fingerprint density at radius 2 is 1.71 bits per heavy atom. The van der Waals surface area contributed by atoms with E-state index in [0.717, 1.165) is 0 Å². The largest absolute Gasteiger partial charge is 0.489 e. The molecule has 0 radical (unpaired) electrons. The van der Waals surface area contributed by atoms with Crippen LogP contribution in [0.25, 0.3) is 0 Å². The summed E-state index contributed by atoms with van der Waals surface area (Å²) in [5.74, 6) is -2.40. The van der Waals surface area contributed by atoms with E-state index < -0.39 is 17.9 Å². The predicted molar refractivity (Wildman–Crippen MR) is 76.5 cm³/mol. The van der Waals surface area contributed by atoms with E-state index in [0.29, 0.717) is 0 Å². The number of carbonyl (C=O) groups is 2. The van der Waals surface area contributed by atoms with Crippen molar-refractivity contribution in [2.24, 2.45) is 5.92 Å². The van der Waals surface area contributed by atoms with Gasteiger partial charge in [0.05, 0.1) is 13.2 Å². The Labute approximate surface area is 132 Å². The van der Waals surface area contributed by atoms with Crippen LogP contribution < -0.4 is 4.74 Å². The van der Waals surface area contributed by atoms with E-state index in [1.807, 2.05) is 0 Å². The molecule has 6 nitrogen and oxygen atoms in total. The molecule has 116 valence electrons. The van der Waals surface area contributed by atoms with Gasteiger partial charge in [-0.3, -0.25) is 9.59 Å². The highest BCUT2D eigenvalue weighted by Crippen LogP contribution is 2.24. The molecule has 1 aromatic rings. The summed E-state index contributed by atoms with van der Waals surface area (Å²) in [6.07, 6.45) is 0. The number of esters is 2. The Balaban J connectivity index is 2.76. The first-order chi connectivity index (χ1) is 9.99. The molecule has 1 heterocycles. The number of hydrogen-bond donors (Lipinski definition) is 0. The lowest BCUT2D eigenvalue weighted by Gasteiger charge is -2.15. The van der Waals surface area contributed by atoms with Gasteiger partial charge >= 0.3 is 11.9 Å². The van der Waals surface area contributed by atoms with Crippen LogP contribution >= 0.6 is 23.2 Å². The second-order valence-corrected chi connectivity index (χ2v) is 4.54. The number of pyridine rings is 1. The second kappa shape index (κ2) is 8.69. The summed E-state index contributed by atoms with van der Waals surface area (Å²) in [6, 6.07) is 2.97. The molecular formula is C13H15Cl2NO5. The van der Waals surface area contributed by atoms with E-state index in [4.69, 9.17) is 37.4 Å². The number of carbonyl (C=O) groups excluding carboxylic acids is 2. The molecule has 0 spiro atoms. The average molecular weight is 336 g/mol. The van der Waals surface area contributed by atoms with Gasteiger partial charge in [-0.25, -0.2) is 4.98 Å². The molecule has 0 bridgehead atoms. The van der Waals surface area contributed by atoms with Crippen molar-refractivity contribution in [3.63, 3.8) is 0 Å². The molecule has 8 heteroatoms. The van der Waals surface area contributed by atoms with E-state index in [9.17, 15) is 9.59 Å². The van der Waals surface area contributed by atoms with Gasteiger partial charge in [0.25, 0.3) is 0 Å². The summed E-state index contributed by atoms with van der Waals surface area (Å²) in [4.78, 5) is 27.3. The molecule has 0 saturated carbocycles. The number of hydrogen-bond acceptors (Lipinski definition) is 6. The smallest absolute Gasteiger partial charge is 0.323 e. The molecule has 0 amide bonds. The minimum atomic E-state index is -1.18. The molecule has 0 N–H and O–H groups in total. The lowest BCUT2D eigenvalue weighted by atomic mass is 10.1. The Kier molecular flexibility index (Phi) is 7.25. The zero-order valence-electron chi connectivity index (χ0n) is 11.6. The molecule has 0 saturated heterocycles.